The van der Waals surface area contributed by atoms with Crippen molar-refractivity contribution in [3.8, 4) is 0 Å². The summed E-state index contributed by atoms with van der Waals surface area (Å²) < 4.78 is 10.5. The highest BCUT2D eigenvalue weighted by molar-refractivity contribution is 4.79. The molecule has 0 amide bonds. The zero-order valence-corrected chi connectivity index (χ0v) is 8.27. The molecule has 0 saturated heterocycles. The van der Waals surface area contributed by atoms with E-state index in [-0.39, 0.29) is 0 Å². The van der Waals surface area contributed by atoms with Crippen molar-refractivity contribution in [2.24, 2.45) is 5.41 Å². The highest BCUT2D eigenvalue weighted by atomic mass is 16.5. The summed E-state index contributed by atoms with van der Waals surface area (Å²) in [6.07, 6.45) is 5.42. The number of hydrogen-bond donors (Lipinski definition) is 0. The summed E-state index contributed by atoms with van der Waals surface area (Å²) >= 11 is 0. The fourth-order valence-electron chi connectivity index (χ4n) is 1.83. The zero-order valence-electron chi connectivity index (χ0n) is 8.27. The minimum absolute atomic E-state index is 0.466. The predicted molar refractivity (Wildman–Crippen MR) is 49.3 cm³/mol. The molecule has 12 heavy (non-hydrogen) atoms. The third kappa shape index (κ3) is 3.11. The average molecular weight is 172 g/mol. The van der Waals surface area contributed by atoms with Crippen LogP contribution in [0.25, 0.3) is 0 Å². The maximum atomic E-state index is 5.54. The maximum absolute atomic E-state index is 5.54. The first kappa shape index (κ1) is 10.0. The molecule has 1 aliphatic carbocycles. The van der Waals surface area contributed by atoms with E-state index in [1.807, 2.05) is 0 Å². The van der Waals surface area contributed by atoms with Crippen LogP contribution in [0.2, 0.25) is 0 Å². The fraction of sp³-hybridized carbons (Fsp3) is 1.00. The normalized spacial score (nSPS) is 21.5. The Kier molecular flexibility index (Phi) is 4.02. The standard InChI is InChI=1S/C10H20O2/c1-10(5-3-4-6-10)9-12-8-7-11-2/h3-9H2,1-2H3. The second-order valence-corrected chi connectivity index (χ2v) is 4.06. The van der Waals surface area contributed by atoms with Crippen LogP contribution in [-0.2, 0) is 9.47 Å². The van der Waals surface area contributed by atoms with Gasteiger partial charge in [-0.25, -0.2) is 0 Å². The largest absolute Gasteiger partial charge is 0.382 e. The molecule has 0 N–H and O–H groups in total. The molecule has 1 saturated carbocycles. The Morgan fingerprint density at radius 1 is 1.17 bits per heavy atom. The number of rotatable bonds is 5. The summed E-state index contributed by atoms with van der Waals surface area (Å²) in [5.41, 5.74) is 0.466. The van der Waals surface area contributed by atoms with Crippen molar-refractivity contribution in [1.29, 1.82) is 0 Å². The average Bonchev–Trinajstić information content (AvgIpc) is 2.47. The van der Waals surface area contributed by atoms with E-state index in [1.54, 1.807) is 7.11 Å². The molecule has 2 heteroatoms. The van der Waals surface area contributed by atoms with Gasteiger partial charge in [0.15, 0.2) is 0 Å². The molecule has 0 bridgehead atoms. The highest BCUT2D eigenvalue weighted by Gasteiger charge is 2.28. The molecule has 0 aliphatic heterocycles. The lowest BCUT2D eigenvalue weighted by atomic mass is 9.90. The molecule has 0 unspecified atom stereocenters. The van der Waals surface area contributed by atoms with E-state index in [4.69, 9.17) is 9.47 Å². The van der Waals surface area contributed by atoms with Crippen molar-refractivity contribution in [2.75, 3.05) is 26.9 Å². The first-order chi connectivity index (χ1) is 5.77. The van der Waals surface area contributed by atoms with Gasteiger partial charge in [-0.15, -0.1) is 0 Å². The van der Waals surface area contributed by atoms with E-state index in [1.165, 1.54) is 25.7 Å². The summed E-state index contributed by atoms with van der Waals surface area (Å²) in [5.74, 6) is 0. The first-order valence-electron chi connectivity index (χ1n) is 4.83. The Bertz CT molecular complexity index is 117. The van der Waals surface area contributed by atoms with Gasteiger partial charge in [0, 0.05) is 7.11 Å². The van der Waals surface area contributed by atoms with Crippen LogP contribution in [0.3, 0.4) is 0 Å². The number of methoxy groups -OCH3 is 1. The lowest BCUT2D eigenvalue weighted by Crippen LogP contribution is -2.20. The molecule has 1 fully saturated rings. The van der Waals surface area contributed by atoms with Gasteiger partial charge in [-0.3, -0.25) is 0 Å². The van der Waals surface area contributed by atoms with Crippen molar-refractivity contribution in [3.05, 3.63) is 0 Å². The maximum Gasteiger partial charge on any atom is 0.0700 e. The van der Waals surface area contributed by atoms with Crippen LogP contribution in [-0.4, -0.2) is 26.9 Å². The number of ether oxygens (including phenoxy) is 2. The van der Waals surface area contributed by atoms with Crippen molar-refractivity contribution in [3.63, 3.8) is 0 Å². The van der Waals surface area contributed by atoms with Gasteiger partial charge in [0.25, 0.3) is 0 Å². The van der Waals surface area contributed by atoms with Gasteiger partial charge in [0.05, 0.1) is 19.8 Å². The summed E-state index contributed by atoms with van der Waals surface area (Å²) in [6, 6.07) is 0. The van der Waals surface area contributed by atoms with Crippen LogP contribution in [0.1, 0.15) is 32.6 Å². The van der Waals surface area contributed by atoms with Gasteiger partial charge in [-0.2, -0.15) is 0 Å². The summed E-state index contributed by atoms with van der Waals surface area (Å²) in [4.78, 5) is 0. The van der Waals surface area contributed by atoms with E-state index in [9.17, 15) is 0 Å². The Hall–Kier alpha value is -0.0800. The minimum atomic E-state index is 0.466. The molecule has 72 valence electrons. The van der Waals surface area contributed by atoms with E-state index in [2.05, 4.69) is 6.92 Å². The van der Waals surface area contributed by atoms with Crippen LogP contribution < -0.4 is 0 Å². The van der Waals surface area contributed by atoms with E-state index in [0.717, 1.165) is 19.8 Å². The summed E-state index contributed by atoms with van der Waals surface area (Å²) in [5, 5.41) is 0. The van der Waals surface area contributed by atoms with Crippen molar-refractivity contribution in [2.45, 2.75) is 32.6 Å². The molecule has 0 aromatic carbocycles. The van der Waals surface area contributed by atoms with Crippen LogP contribution in [0.15, 0.2) is 0 Å². The van der Waals surface area contributed by atoms with Crippen molar-refractivity contribution in [1.82, 2.24) is 0 Å². The molecular weight excluding hydrogens is 152 g/mol. The predicted octanol–water partition coefficient (Wildman–Crippen LogP) is 2.23. The molecular formula is C10H20O2. The molecule has 0 aromatic heterocycles. The topological polar surface area (TPSA) is 18.5 Å². The summed E-state index contributed by atoms with van der Waals surface area (Å²) in [6.45, 7) is 4.70. The van der Waals surface area contributed by atoms with Gasteiger partial charge in [0.2, 0.25) is 0 Å². The minimum Gasteiger partial charge on any atom is -0.382 e. The SMILES string of the molecule is COCCOCC1(C)CCCC1. The van der Waals surface area contributed by atoms with E-state index < -0.39 is 0 Å². The molecule has 1 aliphatic rings. The van der Waals surface area contributed by atoms with Crippen LogP contribution in [0.4, 0.5) is 0 Å². The second-order valence-electron chi connectivity index (χ2n) is 4.06. The monoisotopic (exact) mass is 172 g/mol. The lowest BCUT2D eigenvalue weighted by Gasteiger charge is -2.22. The van der Waals surface area contributed by atoms with Crippen molar-refractivity contribution < 1.29 is 9.47 Å². The molecule has 2 nitrogen and oxygen atoms in total. The first-order valence-corrected chi connectivity index (χ1v) is 4.83. The van der Waals surface area contributed by atoms with Crippen LogP contribution in [0, 0.1) is 5.41 Å². The second kappa shape index (κ2) is 4.83. The lowest BCUT2D eigenvalue weighted by molar-refractivity contribution is 0.0239. The fourth-order valence-corrected chi connectivity index (χ4v) is 1.83. The van der Waals surface area contributed by atoms with Gasteiger partial charge < -0.3 is 9.47 Å². The van der Waals surface area contributed by atoms with E-state index >= 15 is 0 Å². The Labute approximate surface area is 75.2 Å². The quantitative estimate of drug-likeness (QED) is 0.592. The molecule has 0 aromatic rings. The Balaban J connectivity index is 2.05. The van der Waals surface area contributed by atoms with E-state index in [0.29, 0.717) is 5.41 Å². The molecule has 1 rings (SSSR count). The molecule has 0 radical (unpaired) electrons. The smallest absolute Gasteiger partial charge is 0.0700 e. The van der Waals surface area contributed by atoms with Gasteiger partial charge >= 0.3 is 0 Å². The van der Waals surface area contributed by atoms with Gasteiger partial charge in [0.1, 0.15) is 0 Å². The van der Waals surface area contributed by atoms with Crippen molar-refractivity contribution >= 4 is 0 Å². The highest BCUT2D eigenvalue weighted by Crippen LogP contribution is 2.37. The van der Waals surface area contributed by atoms with Crippen LogP contribution >= 0.6 is 0 Å². The van der Waals surface area contributed by atoms with Gasteiger partial charge in [-0.1, -0.05) is 19.8 Å². The Morgan fingerprint density at radius 2 is 1.83 bits per heavy atom. The third-order valence-electron chi connectivity index (χ3n) is 2.69. The summed E-state index contributed by atoms with van der Waals surface area (Å²) in [7, 11) is 1.71. The van der Waals surface area contributed by atoms with Crippen LogP contribution in [0.5, 0.6) is 0 Å². The molecule has 0 heterocycles. The zero-order chi connectivity index (χ0) is 8.86. The Morgan fingerprint density at radius 3 is 2.42 bits per heavy atom. The molecule has 0 atom stereocenters. The molecule has 0 spiro atoms. The van der Waals surface area contributed by atoms with Gasteiger partial charge in [-0.05, 0) is 18.3 Å². The third-order valence-corrected chi connectivity index (χ3v) is 2.69. The number of hydrogen-bond acceptors (Lipinski definition) is 2.